The van der Waals surface area contributed by atoms with E-state index in [1.165, 1.54) is 23.1 Å². The fourth-order valence-electron chi connectivity index (χ4n) is 7.34. The molecule has 44 heavy (non-hydrogen) atoms. The van der Waals surface area contributed by atoms with Gasteiger partial charge in [-0.1, -0.05) is 24.8 Å². The van der Waals surface area contributed by atoms with E-state index >= 15 is 0 Å². The molecule has 1 saturated heterocycles. The third kappa shape index (κ3) is 6.12. The molecule has 10 heteroatoms. The first-order chi connectivity index (χ1) is 21.2. The van der Waals surface area contributed by atoms with Gasteiger partial charge in [-0.25, -0.2) is 4.39 Å². The Kier molecular flexibility index (Phi) is 8.51. The molecule has 1 saturated carbocycles. The highest BCUT2D eigenvalue weighted by atomic mass is 19.1. The molecule has 2 aliphatic heterocycles. The lowest BCUT2D eigenvalue weighted by atomic mass is 9.88. The van der Waals surface area contributed by atoms with E-state index in [9.17, 15) is 14.4 Å². The summed E-state index contributed by atoms with van der Waals surface area (Å²) in [6.07, 6.45) is 5.46. The van der Waals surface area contributed by atoms with Gasteiger partial charge in [0.2, 0.25) is 0 Å². The van der Waals surface area contributed by atoms with Crippen molar-refractivity contribution in [3.63, 3.8) is 0 Å². The normalized spacial score (nSPS) is 23.0. The molecule has 2 aliphatic carbocycles. The van der Waals surface area contributed by atoms with Crippen LogP contribution in [0.25, 0.3) is 0 Å². The van der Waals surface area contributed by atoms with Crippen molar-refractivity contribution in [2.45, 2.75) is 70.1 Å². The predicted molar refractivity (Wildman–Crippen MR) is 169 cm³/mol. The Labute approximate surface area is 260 Å². The molecule has 234 valence electrons. The molecule has 2 unspecified atom stereocenters. The first-order valence-corrected chi connectivity index (χ1v) is 16.0. The van der Waals surface area contributed by atoms with Gasteiger partial charge in [-0.2, -0.15) is 15.2 Å². The Hall–Kier alpha value is -3.71. The average molecular weight is 602 g/mol. The number of anilines is 2. The minimum atomic E-state index is -1.64. The maximum atomic E-state index is 14.1. The first kappa shape index (κ1) is 30.3. The molecule has 0 bridgehead atoms. The van der Waals surface area contributed by atoms with Gasteiger partial charge in [0, 0.05) is 67.4 Å². The summed E-state index contributed by atoms with van der Waals surface area (Å²) in [5, 5.41) is 9.70. The van der Waals surface area contributed by atoms with Crippen molar-refractivity contribution in [2.24, 2.45) is 5.41 Å². The smallest absolute Gasteiger partial charge is 0.318 e. The lowest BCUT2D eigenvalue weighted by Crippen LogP contribution is -2.57. The van der Waals surface area contributed by atoms with Gasteiger partial charge in [0.1, 0.15) is 5.82 Å². The third-order valence-corrected chi connectivity index (χ3v) is 9.76. The van der Waals surface area contributed by atoms with Gasteiger partial charge in [-0.05, 0) is 71.2 Å². The maximum Gasteiger partial charge on any atom is 0.318 e. The highest BCUT2D eigenvalue weighted by Crippen LogP contribution is 2.46. The van der Waals surface area contributed by atoms with Crippen molar-refractivity contribution >= 4 is 17.4 Å². The predicted octanol–water partition coefficient (Wildman–Crippen LogP) is 3.96. The highest BCUT2D eigenvalue weighted by molar-refractivity contribution is 5.81. The fraction of sp³-hybridized carbons (Fsp3) is 0.588. The number of hydrogen-bond acceptors (Lipinski definition) is 8. The van der Waals surface area contributed by atoms with E-state index < -0.39 is 18.1 Å². The number of halogens is 1. The van der Waals surface area contributed by atoms with Crippen LogP contribution in [0.3, 0.4) is 0 Å². The summed E-state index contributed by atoms with van der Waals surface area (Å²) < 4.78 is 20.5. The number of benzene rings is 1. The number of carbonyl (C=O) groups is 1. The second kappa shape index (κ2) is 12.4. The number of piperazine rings is 1. The summed E-state index contributed by atoms with van der Waals surface area (Å²) in [7, 11) is 4.18. The summed E-state index contributed by atoms with van der Waals surface area (Å²) in [4.78, 5) is 31.1. The topological polar surface area (TPSA) is 88.8 Å². The van der Waals surface area contributed by atoms with Gasteiger partial charge in [0.15, 0.2) is 6.17 Å². The standard InChI is InChI=1S/C34H44FN7O2/c1-23(19-36)30-20-40(16-17-42(30)32(43)24(2)35)31-27-12-11-26(41-15-7-9-25-8-5-6-10-29(25)41)18-28(27)37-33(38-31)44-22-34(13-14-34)21-39(3)4/h5-6,8,10,24,26,30H,1,7,9,11-18,20-22H2,2-4H3/t24?,26?,30-/m1/s1. The molecule has 0 N–H and O–H groups in total. The Balaban J connectivity index is 1.31. The Morgan fingerprint density at radius 3 is 2.75 bits per heavy atom. The van der Waals surface area contributed by atoms with E-state index in [4.69, 9.17) is 14.7 Å². The van der Waals surface area contributed by atoms with Crippen LogP contribution in [-0.2, 0) is 24.1 Å². The van der Waals surface area contributed by atoms with Gasteiger partial charge < -0.3 is 24.3 Å². The molecule has 6 rings (SSSR count). The number of rotatable bonds is 9. The highest BCUT2D eigenvalue weighted by Gasteiger charge is 2.44. The van der Waals surface area contributed by atoms with Crippen molar-refractivity contribution in [1.29, 1.82) is 5.26 Å². The van der Waals surface area contributed by atoms with Crippen molar-refractivity contribution in [1.82, 2.24) is 19.8 Å². The monoisotopic (exact) mass is 601 g/mol. The summed E-state index contributed by atoms with van der Waals surface area (Å²) in [5.74, 6) is 0.191. The third-order valence-electron chi connectivity index (χ3n) is 9.76. The average Bonchev–Trinajstić information content (AvgIpc) is 3.80. The molecule has 1 amide bonds. The molecule has 4 aliphatic rings. The lowest BCUT2D eigenvalue weighted by Gasteiger charge is -2.43. The van der Waals surface area contributed by atoms with Crippen molar-refractivity contribution in [3.05, 3.63) is 53.2 Å². The molecule has 0 radical (unpaired) electrons. The first-order valence-electron chi connectivity index (χ1n) is 16.0. The van der Waals surface area contributed by atoms with E-state index in [2.05, 4.69) is 65.7 Å². The molecule has 1 aromatic heterocycles. The van der Waals surface area contributed by atoms with Crippen LogP contribution in [0.5, 0.6) is 6.01 Å². The van der Waals surface area contributed by atoms with Crippen LogP contribution < -0.4 is 14.5 Å². The summed E-state index contributed by atoms with van der Waals surface area (Å²) in [6.45, 7) is 8.80. The summed E-state index contributed by atoms with van der Waals surface area (Å²) in [6, 6.07) is 10.9. The molecule has 1 aromatic carbocycles. The number of ether oxygens (including phenoxy) is 1. The number of para-hydroxylation sites is 1. The van der Waals surface area contributed by atoms with E-state index in [1.54, 1.807) is 0 Å². The van der Waals surface area contributed by atoms with Crippen molar-refractivity contribution in [2.75, 3.05) is 63.2 Å². The zero-order chi connectivity index (χ0) is 31.0. The number of nitrogens with zero attached hydrogens (tertiary/aromatic N) is 7. The molecular formula is C34H44FN7O2. The lowest BCUT2D eigenvalue weighted by molar-refractivity contribution is -0.137. The van der Waals surface area contributed by atoms with Gasteiger partial charge >= 0.3 is 6.01 Å². The van der Waals surface area contributed by atoms with Gasteiger partial charge in [-0.15, -0.1) is 0 Å². The van der Waals surface area contributed by atoms with E-state index in [0.29, 0.717) is 31.7 Å². The van der Waals surface area contributed by atoms with E-state index in [0.717, 1.165) is 75.1 Å². The SMILES string of the molecule is C=C(C#N)[C@H]1CN(c2nc(OCC3(CN(C)C)CC3)nc3c2CCC(N2CCCc4ccccc42)C3)CCN1C(=O)C(C)F. The number of aromatic nitrogens is 2. The van der Waals surface area contributed by atoms with Crippen LogP contribution in [0.15, 0.2) is 36.4 Å². The molecule has 2 fully saturated rings. The molecule has 3 heterocycles. The summed E-state index contributed by atoms with van der Waals surface area (Å²) >= 11 is 0. The van der Waals surface area contributed by atoms with Crippen LogP contribution >= 0.6 is 0 Å². The zero-order valence-corrected chi connectivity index (χ0v) is 26.3. The van der Waals surface area contributed by atoms with Gasteiger partial charge in [0.05, 0.1) is 24.4 Å². The van der Waals surface area contributed by atoms with Crippen molar-refractivity contribution < 1.29 is 13.9 Å². The maximum absolute atomic E-state index is 14.1. The largest absolute Gasteiger partial charge is 0.463 e. The zero-order valence-electron chi connectivity index (χ0n) is 26.3. The van der Waals surface area contributed by atoms with Crippen LogP contribution in [-0.4, -0.2) is 97.4 Å². The van der Waals surface area contributed by atoms with Crippen LogP contribution in [0.4, 0.5) is 15.9 Å². The number of fused-ring (bicyclic) bond motifs is 2. The van der Waals surface area contributed by atoms with E-state index in [-0.39, 0.29) is 17.5 Å². The molecular weight excluding hydrogens is 557 g/mol. The molecule has 2 aromatic rings. The molecule has 0 spiro atoms. The van der Waals surface area contributed by atoms with E-state index in [1.807, 2.05) is 0 Å². The fourth-order valence-corrected chi connectivity index (χ4v) is 7.34. The van der Waals surface area contributed by atoms with Crippen LogP contribution in [0.2, 0.25) is 0 Å². The Bertz CT molecular complexity index is 1450. The number of alkyl halides is 1. The number of hydrogen-bond donors (Lipinski definition) is 0. The Morgan fingerprint density at radius 2 is 2.02 bits per heavy atom. The second-order valence-electron chi connectivity index (χ2n) is 13.4. The number of amides is 1. The molecule has 3 atom stereocenters. The summed E-state index contributed by atoms with van der Waals surface area (Å²) in [5.41, 5.74) is 5.23. The minimum Gasteiger partial charge on any atom is -0.463 e. The minimum absolute atomic E-state index is 0.133. The Morgan fingerprint density at radius 1 is 1.23 bits per heavy atom. The van der Waals surface area contributed by atoms with Gasteiger partial charge in [0.25, 0.3) is 5.91 Å². The number of aryl methyl sites for hydroxylation is 1. The quantitative estimate of drug-likeness (QED) is 0.399. The van der Waals surface area contributed by atoms with Crippen LogP contribution in [0.1, 0.15) is 49.4 Å². The second-order valence-corrected chi connectivity index (χ2v) is 13.4. The number of carbonyl (C=O) groups excluding carboxylic acids is 1. The van der Waals surface area contributed by atoms with Gasteiger partial charge in [-0.3, -0.25) is 4.79 Å². The molecule has 9 nitrogen and oxygen atoms in total. The van der Waals surface area contributed by atoms with Crippen molar-refractivity contribution in [3.8, 4) is 12.1 Å². The number of nitriles is 1. The van der Waals surface area contributed by atoms with Crippen LogP contribution in [0, 0.1) is 16.7 Å².